The molecule has 1 saturated heterocycles. The predicted molar refractivity (Wildman–Crippen MR) is 124 cm³/mol. The smallest absolute Gasteiger partial charge is 0.407 e. The van der Waals surface area contributed by atoms with Crippen molar-refractivity contribution in [3.05, 3.63) is 85.3 Å². The first-order chi connectivity index (χ1) is 15.4. The van der Waals surface area contributed by atoms with Crippen LogP contribution in [0.15, 0.2) is 54.0 Å². The van der Waals surface area contributed by atoms with E-state index < -0.39 is 11.0 Å². The quantitative estimate of drug-likeness (QED) is 0.365. The van der Waals surface area contributed by atoms with Gasteiger partial charge in [-0.1, -0.05) is 29.8 Å². The molecule has 1 amide bonds. The Labute approximate surface area is 193 Å². The summed E-state index contributed by atoms with van der Waals surface area (Å²) in [6, 6.07) is 12.5. The summed E-state index contributed by atoms with van der Waals surface area (Å²) in [7, 11) is 0. The average Bonchev–Trinajstić information content (AvgIpc) is 3.30. The van der Waals surface area contributed by atoms with Gasteiger partial charge in [0.1, 0.15) is 10.7 Å². The van der Waals surface area contributed by atoms with E-state index in [-0.39, 0.29) is 17.6 Å². The lowest BCUT2D eigenvalue weighted by molar-refractivity contribution is -0.384. The highest BCUT2D eigenvalue weighted by Crippen LogP contribution is 2.37. The number of nitro groups is 1. The normalized spacial score (nSPS) is 15.3. The molecule has 2 N–H and O–H groups in total. The molecule has 1 atom stereocenters. The maximum atomic E-state index is 11.7. The number of amides is 1. The first-order valence-corrected chi connectivity index (χ1v) is 11.4. The van der Waals surface area contributed by atoms with E-state index in [1.807, 2.05) is 35.7 Å². The number of hydrogen-bond acceptors (Lipinski definition) is 6. The fourth-order valence-corrected chi connectivity index (χ4v) is 4.87. The van der Waals surface area contributed by atoms with Gasteiger partial charge in [0.15, 0.2) is 0 Å². The number of carboxylic acid groups (broad SMARTS) is 1. The van der Waals surface area contributed by atoms with E-state index in [0.717, 1.165) is 16.1 Å². The minimum absolute atomic E-state index is 0.0107. The number of halogens is 1. The molecule has 2 aromatic carbocycles. The maximum Gasteiger partial charge on any atom is 0.407 e. The Hall–Kier alpha value is -3.17. The van der Waals surface area contributed by atoms with Crippen molar-refractivity contribution in [2.45, 2.75) is 24.8 Å². The van der Waals surface area contributed by atoms with Crippen molar-refractivity contribution in [3.8, 4) is 0 Å². The van der Waals surface area contributed by atoms with Gasteiger partial charge in [0.25, 0.3) is 5.69 Å². The van der Waals surface area contributed by atoms with Gasteiger partial charge in [-0.3, -0.25) is 10.1 Å². The number of anilines is 1. The number of piperidine rings is 1. The summed E-state index contributed by atoms with van der Waals surface area (Å²) >= 11 is 7.59. The molecule has 0 radical (unpaired) electrons. The number of rotatable bonds is 6. The van der Waals surface area contributed by atoms with Crippen molar-refractivity contribution in [2.24, 2.45) is 0 Å². The summed E-state index contributed by atoms with van der Waals surface area (Å²) in [4.78, 5) is 28.3. The third kappa shape index (κ3) is 4.84. The van der Waals surface area contributed by atoms with E-state index in [0.29, 0.717) is 36.6 Å². The first-order valence-electron chi connectivity index (χ1n) is 10.1. The summed E-state index contributed by atoms with van der Waals surface area (Å²) in [6.07, 6.45) is 1.97. The van der Waals surface area contributed by atoms with Crippen molar-refractivity contribution in [3.63, 3.8) is 0 Å². The van der Waals surface area contributed by atoms with E-state index in [1.165, 1.54) is 22.3 Å². The van der Waals surface area contributed by atoms with E-state index in [4.69, 9.17) is 16.7 Å². The first kappa shape index (κ1) is 22.0. The largest absolute Gasteiger partial charge is 0.465 e. The minimum atomic E-state index is -0.939. The van der Waals surface area contributed by atoms with Crippen LogP contribution in [0.3, 0.4) is 0 Å². The monoisotopic (exact) mass is 472 g/mol. The standard InChI is InChI=1S/C22H21ClN4O4S/c23-16-4-1-14(2-5-16)20(21-24-9-12-32-21)15-3-6-19(27(30)31)18(13-15)25-17-7-10-26(11-8-17)22(28)29/h1-6,9,12-13,17,20,25H,7-8,10-11H2,(H,28,29). The molecule has 2 heterocycles. The van der Waals surface area contributed by atoms with Crippen LogP contribution in [0.4, 0.5) is 16.2 Å². The zero-order chi connectivity index (χ0) is 22.7. The molecular weight excluding hydrogens is 452 g/mol. The van der Waals surface area contributed by atoms with Crippen LogP contribution in [0.1, 0.15) is 34.9 Å². The van der Waals surface area contributed by atoms with Crippen molar-refractivity contribution >= 4 is 40.4 Å². The van der Waals surface area contributed by atoms with Gasteiger partial charge in [0.2, 0.25) is 0 Å². The number of aromatic nitrogens is 1. The Kier molecular flexibility index (Phi) is 6.57. The zero-order valence-electron chi connectivity index (χ0n) is 17.0. The van der Waals surface area contributed by atoms with Crippen molar-refractivity contribution in [2.75, 3.05) is 18.4 Å². The summed E-state index contributed by atoms with van der Waals surface area (Å²) in [5.74, 6) is -0.192. The fraction of sp³-hybridized carbons (Fsp3) is 0.273. The molecule has 0 aliphatic carbocycles. The number of likely N-dealkylation sites (tertiary alicyclic amines) is 1. The zero-order valence-corrected chi connectivity index (χ0v) is 18.6. The summed E-state index contributed by atoms with van der Waals surface area (Å²) in [5.41, 5.74) is 2.28. The van der Waals surface area contributed by atoms with Crippen LogP contribution in [-0.2, 0) is 0 Å². The number of nitro benzene ring substituents is 1. The molecule has 8 nitrogen and oxygen atoms in total. The van der Waals surface area contributed by atoms with E-state index in [1.54, 1.807) is 12.3 Å². The van der Waals surface area contributed by atoms with Crippen LogP contribution in [0.2, 0.25) is 5.02 Å². The lowest BCUT2D eigenvalue weighted by Crippen LogP contribution is -2.41. The molecule has 3 aromatic rings. The number of benzene rings is 2. The topological polar surface area (TPSA) is 109 Å². The molecule has 32 heavy (non-hydrogen) atoms. The Bertz CT molecular complexity index is 1100. The Morgan fingerprint density at radius 1 is 1.22 bits per heavy atom. The van der Waals surface area contributed by atoms with Crippen molar-refractivity contribution in [1.82, 2.24) is 9.88 Å². The predicted octanol–water partition coefficient (Wildman–Crippen LogP) is 5.44. The van der Waals surface area contributed by atoms with Gasteiger partial charge in [-0.25, -0.2) is 9.78 Å². The number of nitrogens with zero attached hydrogens (tertiary/aromatic N) is 3. The van der Waals surface area contributed by atoms with E-state index >= 15 is 0 Å². The van der Waals surface area contributed by atoms with Gasteiger partial charge in [-0.2, -0.15) is 0 Å². The molecule has 10 heteroatoms. The molecule has 1 aliphatic rings. The molecule has 0 saturated carbocycles. The molecule has 1 unspecified atom stereocenters. The molecule has 0 spiro atoms. The molecule has 166 valence electrons. The van der Waals surface area contributed by atoms with Crippen LogP contribution in [-0.4, -0.2) is 45.1 Å². The van der Waals surface area contributed by atoms with E-state index in [2.05, 4.69) is 10.3 Å². The van der Waals surface area contributed by atoms with Crippen LogP contribution < -0.4 is 5.32 Å². The second kappa shape index (κ2) is 9.54. The van der Waals surface area contributed by atoms with Gasteiger partial charge in [-0.15, -0.1) is 11.3 Å². The van der Waals surface area contributed by atoms with Gasteiger partial charge >= 0.3 is 6.09 Å². The Balaban J connectivity index is 1.67. The Morgan fingerprint density at radius 3 is 2.50 bits per heavy atom. The molecular formula is C22H21ClN4O4S. The highest BCUT2D eigenvalue weighted by molar-refractivity contribution is 7.09. The van der Waals surface area contributed by atoms with Crippen LogP contribution in [0, 0.1) is 10.1 Å². The summed E-state index contributed by atoms with van der Waals surface area (Å²) in [6.45, 7) is 0.792. The average molecular weight is 473 g/mol. The maximum absolute atomic E-state index is 11.7. The van der Waals surface area contributed by atoms with Crippen molar-refractivity contribution < 1.29 is 14.8 Å². The van der Waals surface area contributed by atoms with Gasteiger partial charge in [-0.05, 0) is 42.2 Å². The lowest BCUT2D eigenvalue weighted by Gasteiger charge is -2.31. The fourth-order valence-electron chi connectivity index (χ4n) is 3.95. The summed E-state index contributed by atoms with van der Waals surface area (Å²) in [5, 5.41) is 27.5. The van der Waals surface area contributed by atoms with Gasteiger partial charge in [0.05, 0.1) is 10.8 Å². The second-order valence-corrected chi connectivity index (χ2v) is 8.94. The summed E-state index contributed by atoms with van der Waals surface area (Å²) < 4.78 is 0. The van der Waals surface area contributed by atoms with Crippen LogP contribution in [0.25, 0.3) is 0 Å². The van der Waals surface area contributed by atoms with Gasteiger partial charge in [0, 0.05) is 41.8 Å². The molecule has 4 rings (SSSR count). The number of nitrogens with one attached hydrogen (secondary N) is 1. The SMILES string of the molecule is O=C(O)N1CCC(Nc2cc(C(c3ccc(Cl)cc3)c3nccs3)ccc2[N+](=O)[O-])CC1. The second-order valence-electron chi connectivity index (χ2n) is 7.58. The van der Waals surface area contributed by atoms with Crippen LogP contribution in [0.5, 0.6) is 0 Å². The van der Waals surface area contributed by atoms with Crippen molar-refractivity contribution in [1.29, 1.82) is 0 Å². The van der Waals surface area contributed by atoms with Gasteiger partial charge < -0.3 is 15.3 Å². The molecule has 1 aromatic heterocycles. The molecule has 0 bridgehead atoms. The third-order valence-corrected chi connectivity index (χ3v) is 6.67. The highest BCUT2D eigenvalue weighted by atomic mass is 35.5. The highest BCUT2D eigenvalue weighted by Gasteiger charge is 2.26. The Morgan fingerprint density at radius 2 is 1.91 bits per heavy atom. The number of carbonyl (C=O) groups is 1. The van der Waals surface area contributed by atoms with Crippen LogP contribution >= 0.6 is 22.9 Å². The number of hydrogen-bond donors (Lipinski definition) is 2. The van der Waals surface area contributed by atoms with E-state index in [9.17, 15) is 14.9 Å². The minimum Gasteiger partial charge on any atom is -0.465 e. The molecule has 1 aliphatic heterocycles. The molecule has 1 fully saturated rings. The lowest BCUT2D eigenvalue weighted by atomic mass is 9.91. The third-order valence-electron chi connectivity index (χ3n) is 5.58. The number of thiazole rings is 1.